The minimum atomic E-state index is -0.189. The van der Waals surface area contributed by atoms with E-state index in [1.165, 1.54) is 7.11 Å². The van der Waals surface area contributed by atoms with Gasteiger partial charge in [-0.25, -0.2) is 0 Å². The maximum absolute atomic E-state index is 12.5. The molecule has 1 aliphatic rings. The van der Waals surface area contributed by atoms with Crippen LogP contribution in [0.3, 0.4) is 0 Å². The summed E-state index contributed by atoms with van der Waals surface area (Å²) in [5.41, 5.74) is 0.729. The number of hydrogen-bond acceptors (Lipinski definition) is 4. The number of carbonyl (C=O) groups is 2. The fourth-order valence-electron chi connectivity index (χ4n) is 2.64. The van der Waals surface area contributed by atoms with E-state index in [0.29, 0.717) is 19.5 Å². The van der Waals surface area contributed by atoms with Gasteiger partial charge >= 0.3 is 5.97 Å². The highest BCUT2D eigenvalue weighted by atomic mass is 16.5. The summed E-state index contributed by atoms with van der Waals surface area (Å²) in [5, 5.41) is 0. The quantitative estimate of drug-likeness (QED) is 0.787. The molecule has 1 amide bonds. The first-order valence-corrected chi connectivity index (χ1v) is 7.27. The van der Waals surface area contributed by atoms with E-state index in [4.69, 9.17) is 0 Å². The molecule has 0 radical (unpaired) electrons. The first-order valence-electron chi connectivity index (χ1n) is 7.27. The molecule has 0 aliphatic carbocycles. The summed E-state index contributed by atoms with van der Waals surface area (Å²) in [6, 6.07) is 9.50. The van der Waals surface area contributed by atoms with E-state index >= 15 is 0 Å². The number of piperazine rings is 1. The van der Waals surface area contributed by atoms with Crippen LogP contribution >= 0.6 is 0 Å². The molecule has 1 aromatic carbocycles. The van der Waals surface area contributed by atoms with Gasteiger partial charge in [0.25, 0.3) is 5.91 Å². The molecule has 0 N–H and O–H groups in total. The van der Waals surface area contributed by atoms with Gasteiger partial charge in [0.15, 0.2) is 0 Å². The number of nitrogens with zero attached hydrogens (tertiary/aromatic N) is 2. The predicted octanol–water partition coefficient (Wildman–Crippen LogP) is 1.40. The standard InChI is InChI=1S/C16H22N2O3/c1-13-12-17(9-8-15(19)21-2)10-11-18(13)16(20)14-6-4-3-5-7-14/h3-7,13H,8-12H2,1-2H3/t13-/m1/s1. The highest BCUT2D eigenvalue weighted by molar-refractivity contribution is 5.94. The van der Waals surface area contributed by atoms with E-state index in [9.17, 15) is 9.59 Å². The van der Waals surface area contributed by atoms with E-state index < -0.39 is 0 Å². The van der Waals surface area contributed by atoms with Crippen molar-refractivity contribution in [1.82, 2.24) is 9.80 Å². The molecule has 2 rings (SSSR count). The zero-order chi connectivity index (χ0) is 15.2. The molecular weight excluding hydrogens is 268 g/mol. The van der Waals surface area contributed by atoms with Crippen molar-refractivity contribution in [2.45, 2.75) is 19.4 Å². The molecule has 1 saturated heterocycles. The largest absolute Gasteiger partial charge is 0.469 e. The van der Waals surface area contributed by atoms with Crippen LogP contribution in [0.15, 0.2) is 30.3 Å². The van der Waals surface area contributed by atoms with Gasteiger partial charge in [0, 0.05) is 37.8 Å². The van der Waals surface area contributed by atoms with Gasteiger partial charge in [0.1, 0.15) is 0 Å². The van der Waals surface area contributed by atoms with Crippen molar-refractivity contribution < 1.29 is 14.3 Å². The summed E-state index contributed by atoms with van der Waals surface area (Å²) >= 11 is 0. The third-order valence-electron chi connectivity index (χ3n) is 3.85. The van der Waals surface area contributed by atoms with Crippen molar-refractivity contribution in [3.05, 3.63) is 35.9 Å². The van der Waals surface area contributed by atoms with E-state index in [0.717, 1.165) is 18.7 Å². The Hall–Kier alpha value is -1.88. The predicted molar refractivity (Wildman–Crippen MR) is 80.0 cm³/mol. The van der Waals surface area contributed by atoms with Gasteiger partial charge < -0.3 is 9.64 Å². The zero-order valence-electron chi connectivity index (χ0n) is 12.6. The van der Waals surface area contributed by atoms with Crippen LogP contribution in [0.25, 0.3) is 0 Å². The van der Waals surface area contributed by atoms with E-state index in [1.807, 2.05) is 42.2 Å². The number of carbonyl (C=O) groups excluding carboxylic acids is 2. The van der Waals surface area contributed by atoms with E-state index in [-0.39, 0.29) is 17.9 Å². The molecule has 1 atom stereocenters. The Morgan fingerprint density at radius 3 is 2.57 bits per heavy atom. The van der Waals surface area contributed by atoms with Crippen molar-refractivity contribution in [3.63, 3.8) is 0 Å². The Balaban J connectivity index is 1.89. The summed E-state index contributed by atoms with van der Waals surface area (Å²) in [7, 11) is 1.40. The number of esters is 1. The molecule has 1 fully saturated rings. The molecule has 5 nitrogen and oxygen atoms in total. The van der Waals surface area contributed by atoms with Gasteiger partial charge in [-0.3, -0.25) is 14.5 Å². The highest BCUT2D eigenvalue weighted by Gasteiger charge is 2.28. The Labute approximate surface area is 125 Å². The molecule has 1 aromatic rings. The monoisotopic (exact) mass is 290 g/mol. The van der Waals surface area contributed by atoms with Crippen LogP contribution in [-0.2, 0) is 9.53 Å². The number of ether oxygens (including phenoxy) is 1. The van der Waals surface area contributed by atoms with Gasteiger partial charge in [-0.1, -0.05) is 18.2 Å². The molecule has 21 heavy (non-hydrogen) atoms. The fourth-order valence-corrected chi connectivity index (χ4v) is 2.64. The minimum Gasteiger partial charge on any atom is -0.469 e. The number of amides is 1. The minimum absolute atomic E-state index is 0.0794. The summed E-state index contributed by atoms with van der Waals surface area (Å²) in [6.45, 7) is 5.00. The van der Waals surface area contributed by atoms with Crippen LogP contribution < -0.4 is 0 Å². The second-order valence-corrected chi connectivity index (χ2v) is 5.34. The van der Waals surface area contributed by atoms with Crippen molar-refractivity contribution >= 4 is 11.9 Å². The number of rotatable bonds is 4. The fraction of sp³-hybridized carbons (Fsp3) is 0.500. The average Bonchev–Trinajstić information content (AvgIpc) is 2.53. The smallest absolute Gasteiger partial charge is 0.306 e. The third kappa shape index (κ3) is 4.04. The molecule has 0 bridgehead atoms. The van der Waals surface area contributed by atoms with Crippen LogP contribution in [0.5, 0.6) is 0 Å². The van der Waals surface area contributed by atoms with Crippen LogP contribution in [-0.4, -0.2) is 61.0 Å². The molecule has 0 spiro atoms. The lowest BCUT2D eigenvalue weighted by molar-refractivity contribution is -0.141. The van der Waals surface area contributed by atoms with E-state index in [2.05, 4.69) is 9.64 Å². The van der Waals surface area contributed by atoms with Crippen LogP contribution in [0, 0.1) is 0 Å². The second-order valence-electron chi connectivity index (χ2n) is 5.34. The zero-order valence-corrected chi connectivity index (χ0v) is 12.6. The average molecular weight is 290 g/mol. The summed E-state index contributed by atoms with van der Waals surface area (Å²) in [4.78, 5) is 27.8. The topological polar surface area (TPSA) is 49.9 Å². The molecule has 0 aromatic heterocycles. The third-order valence-corrected chi connectivity index (χ3v) is 3.85. The SMILES string of the molecule is COC(=O)CCN1CCN(C(=O)c2ccccc2)[C@H](C)C1. The summed E-state index contributed by atoms with van der Waals surface area (Å²) in [5.74, 6) is -0.110. The number of methoxy groups -OCH3 is 1. The first-order chi connectivity index (χ1) is 10.1. The maximum atomic E-state index is 12.5. The molecular formula is C16H22N2O3. The molecule has 5 heteroatoms. The Kier molecular flexibility index (Phi) is 5.33. The Morgan fingerprint density at radius 2 is 1.95 bits per heavy atom. The first kappa shape index (κ1) is 15.5. The molecule has 1 aliphatic heterocycles. The van der Waals surface area contributed by atoms with Crippen LogP contribution in [0.1, 0.15) is 23.7 Å². The number of hydrogen-bond donors (Lipinski definition) is 0. The summed E-state index contributed by atoms with van der Waals surface area (Å²) < 4.78 is 4.66. The maximum Gasteiger partial charge on any atom is 0.306 e. The van der Waals surface area contributed by atoms with E-state index in [1.54, 1.807) is 0 Å². The second kappa shape index (κ2) is 7.22. The Bertz CT molecular complexity index is 490. The van der Waals surface area contributed by atoms with Crippen molar-refractivity contribution in [1.29, 1.82) is 0 Å². The molecule has 0 saturated carbocycles. The normalized spacial score (nSPS) is 19.3. The van der Waals surface area contributed by atoms with Crippen molar-refractivity contribution in [2.75, 3.05) is 33.3 Å². The van der Waals surface area contributed by atoms with Crippen molar-refractivity contribution in [3.8, 4) is 0 Å². The Morgan fingerprint density at radius 1 is 1.24 bits per heavy atom. The van der Waals surface area contributed by atoms with Crippen LogP contribution in [0.2, 0.25) is 0 Å². The molecule has 1 heterocycles. The number of benzene rings is 1. The highest BCUT2D eigenvalue weighted by Crippen LogP contribution is 2.14. The van der Waals surface area contributed by atoms with Gasteiger partial charge in [0.05, 0.1) is 13.5 Å². The molecule has 0 unspecified atom stereocenters. The lowest BCUT2D eigenvalue weighted by atomic mass is 10.1. The van der Waals surface area contributed by atoms with Gasteiger partial charge in [0.2, 0.25) is 0 Å². The van der Waals surface area contributed by atoms with Gasteiger partial charge in [-0.15, -0.1) is 0 Å². The summed E-state index contributed by atoms with van der Waals surface area (Å²) in [6.07, 6.45) is 0.399. The molecule has 114 valence electrons. The van der Waals surface area contributed by atoms with Gasteiger partial charge in [-0.2, -0.15) is 0 Å². The van der Waals surface area contributed by atoms with Gasteiger partial charge in [-0.05, 0) is 19.1 Å². The van der Waals surface area contributed by atoms with Crippen molar-refractivity contribution in [2.24, 2.45) is 0 Å². The lowest BCUT2D eigenvalue weighted by Gasteiger charge is -2.39. The van der Waals surface area contributed by atoms with Crippen LogP contribution in [0.4, 0.5) is 0 Å². The lowest BCUT2D eigenvalue weighted by Crippen LogP contribution is -2.54.